The highest BCUT2D eigenvalue weighted by Crippen LogP contribution is 2.18. The molecule has 0 bridgehead atoms. The average Bonchev–Trinajstić information content (AvgIpc) is 2.67. The quantitative estimate of drug-likeness (QED) is 0.848. The van der Waals surface area contributed by atoms with Crippen LogP contribution in [0, 0.1) is 5.92 Å². The predicted molar refractivity (Wildman–Crippen MR) is 101 cm³/mol. The molecule has 2 aromatic carbocycles. The highest BCUT2D eigenvalue weighted by atomic mass is 16.2. The molecular formula is C21H27N3O. The largest absolute Gasteiger partial charge is 0.338 e. The zero-order chi connectivity index (χ0) is 17.3. The van der Waals surface area contributed by atoms with E-state index < -0.39 is 0 Å². The Morgan fingerprint density at radius 2 is 1.48 bits per heavy atom. The molecule has 25 heavy (non-hydrogen) atoms. The summed E-state index contributed by atoms with van der Waals surface area (Å²) in [5, 5.41) is 5.94. The van der Waals surface area contributed by atoms with E-state index in [1.807, 2.05) is 30.3 Å². The number of piperidine rings is 1. The van der Waals surface area contributed by atoms with Gasteiger partial charge in [0.1, 0.15) is 0 Å². The monoisotopic (exact) mass is 337 g/mol. The van der Waals surface area contributed by atoms with Gasteiger partial charge in [-0.2, -0.15) is 0 Å². The van der Waals surface area contributed by atoms with Crippen molar-refractivity contribution in [3.63, 3.8) is 0 Å². The van der Waals surface area contributed by atoms with Crippen LogP contribution in [0.4, 0.5) is 4.79 Å². The van der Waals surface area contributed by atoms with Gasteiger partial charge in [-0.25, -0.2) is 4.79 Å². The molecule has 132 valence electrons. The molecule has 1 aliphatic heterocycles. The average molecular weight is 337 g/mol. The van der Waals surface area contributed by atoms with E-state index in [1.54, 1.807) is 0 Å². The van der Waals surface area contributed by atoms with E-state index in [4.69, 9.17) is 0 Å². The number of urea groups is 1. The lowest BCUT2D eigenvalue weighted by Crippen LogP contribution is -2.41. The van der Waals surface area contributed by atoms with Gasteiger partial charge in [0, 0.05) is 19.6 Å². The van der Waals surface area contributed by atoms with Gasteiger partial charge in [0.25, 0.3) is 0 Å². The lowest BCUT2D eigenvalue weighted by atomic mass is 9.96. The van der Waals surface area contributed by atoms with Crippen LogP contribution < -0.4 is 10.6 Å². The first kappa shape index (κ1) is 17.5. The van der Waals surface area contributed by atoms with Gasteiger partial charge in [0.2, 0.25) is 0 Å². The van der Waals surface area contributed by atoms with Crippen LogP contribution in [0.2, 0.25) is 0 Å². The number of likely N-dealkylation sites (tertiary alicyclic amines) is 1. The number of carbonyl (C=O) groups excluding carboxylic acids is 1. The Bertz CT molecular complexity index is 637. The first-order valence-electron chi connectivity index (χ1n) is 9.11. The number of rotatable bonds is 6. The molecule has 1 aliphatic rings. The third-order valence-electron chi connectivity index (χ3n) is 4.80. The third kappa shape index (κ3) is 5.91. The van der Waals surface area contributed by atoms with Crippen LogP contribution in [0.25, 0.3) is 0 Å². The molecule has 0 radical (unpaired) electrons. The molecule has 0 unspecified atom stereocenters. The molecule has 0 aliphatic carbocycles. The summed E-state index contributed by atoms with van der Waals surface area (Å²) in [4.78, 5) is 14.4. The number of nitrogens with zero attached hydrogens (tertiary/aromatic N) is 1. The van der Waals surface area contributed by atoms with Crippen molar-refractivity contribution in [1.29, 1.82) is 0 Å². The zero-order valence-corrected chi connectivity index (χ0v) is 14.7. The zero-order valence-electron chi connectivity index (χ0n) is 14.7. The van der Waals surface area contributed by atoms with Gasteiger partial charge >= 0.3 is 6.03 Å². The Labute approximate surface area is 150 Å². The Kier molecular flexibility index (Phi) is 6.46. The predicted octanol–water partition coefficient (Wildman–Crippen LogP) is 3.40. The summed E-state index contributed by atoms with van der Waals surface area (Å²) >= 11 is 0. The van der Waals surface area contributed by atoms with Crippen molar-refractivity contribution in [3.8, 4) is 0 Å². The summed E-state index contributed by atoms with van der Waals surface area (Å²) in [5.74, 6) is 0.578. The lowest BCUT2D eigenvalue weighted by Gasteiger charge is -2.32. The molecule has 0 saturated carbocycles. The standard InChI is InChI=1S/C21H27N3O/c25-21(22-15-18-7-3-1-4-8-18)23-16-19-11-13-24(14-12-19)17-20-9-5-2-6-10-20/h1-10,19H,11-17H2,(H2,22,23,25). The maximum atomic E-state index is 11.9. The van der Waals surface area contributed by atoms with Crippen molar-refractivity contribution in [2.75, 3.05) is 19.6 Å². The fourth-order valence-corrected chi connectivity index (χ4v) is 3.27. The van der Waals surface area contributed by atoms with Crippen molar-refractivity contribution < 1.29 is 4.79 Å². The number of carbonyl (C=O) groups is 1. The van der Waals surface area contributed by atoms with Gasteiger partial charge in [0.05, 0.1) is 0 Å². The molecule has 0 aromatic heterocycles. The lowest BCUT2D eigenvalue weighted by molar-refractivity contribution is 0.175. The maximum absolute atomic E-state index is 11.9. The van der Waals surface area contributed by atoms with Crippen molar-refractivity contribution in [2.45, 2.75) is 25.9 Å². The van der Waals surface area contributed by atoms with Gasteiger partial charge in [-0.1, -0.05) is 60.7 Å². The minimum absolute atomic E-state index is 0.0735. The molecule has 2 amide bonds. The van der Waals surface area contributed by atoms with Crippen LogP contribution >= 0.6 is 0 Å². The molecule has 4 nitrogen and oxygen atoms in total. The molecule has 1 fully saturated rings. The summed E-state index contributed by atoms with van der Waals surface area (Å²) in [6, 6.07) is 20.5. The van der Waals surface area contributed by atoms with Crippen LogP contribution in [-0.2, 0) is 13.1 Å². The van der Waals surface area contributed by atoms with Crippen LogP contribution in [0.5, 0.6) is 0 Å². The Morgan fingerprint density at radius 3 is 2.12 bits per heavy atom. The SMILES string of the molecule is O=C(NCc1ccccc1)NCC1CCN(Cc2ccccc2)CC1. The summed E-state index contributed by atoms with van der Waals surface area (Å²) in [5.41, 5.74) is 2.49. The van der Waals surface area contributed by atoms with Gasteiger partial charge in [-0.3, -0.25) is 4.90 Å². The summed E-state index contributed by atoms with van der Waals surface area (Å²) in [6.45, 7) is 4.57. The van der Waals surface area contributed by atoms with Gasteiger partial charge in [-0.05, 0) is 43.0 Å². The van der Waals surface area contributed by atoms with E-state index in [-0.39, 0.29) is 6.03 Å². The molecule has 1 heterocycles. The highest BCUT2D eigenvalue weighted by molar-refractivity contribution is 5.73. The van der Waals surface area contributed by atoms with Crippen LogP contribution in [0.15, 0.2) is 60.7 Å². The molecular weight excluding hydrogens is 310 g/mol. The molecule has 1 saturated heterocycles. The smallest absolute Gasteiger partial charge is 0.315 e. The van der Waals surface area contributed by atoms with E-state index >= 15 is 0 Å². The molecule has 4 heteroatoms. The second-order valence-corrected chi connectivity index (χ2v) is 6.75. The van der Waals surface area contributed by atoms with E-state index in [2.05, 4.69) is 45.9 Å². The highest BCUT2D eigenvalue weighted by Gasteiger charge is 2.19. The third-order valence-corrected chi connectivity index (χ3v) is 4.80. The number of hydrogen-bond donors (Lipinski definition) is 2. The van der Waals surface area contributed by atoms with E-state index in [1.165, 1.54) is 5.56 Å². The number of benzene rings is 2. The minimum Gasteiger partial charge on any atom is -0.338 e. The summed E-state index contributed by atoms with van der Waals surface area (Å²) in [7, 11) is 0. The van der Waals surface area contributed by atoms with E-state index in [0.717, 1.165) is 44.6 Å². The Balaban J connectivity index is 1.31. The fraction of sp³-hybridized carbons (Fsp3) is 0.381. The van der Waals surface area contributed by atoms with E-state index in [9.17, 15) is 4.79 Å². The van der Waals surface area contributed by atoms with Crippen LogP contribution in [0.3, 0.4) is 0 Å². The van der Waals surface area contributed by atoms with Gasteiger partial charge in [-0.15, -0.1) is 0 Å². The van der Waals surface area contributed by atoms with E-state index in [0.29, 0.717) is 12.5 Å². The van der Waals surface area contributed by atoms with Crippen molar-refractivity contribution in [1.82, 2.24) is 15.5 Å². The number of nitrogens with one attached hydrogen (secondary N) is 2. The van der Waals surface area contributed by atoms with Crippen LogP contribution in [-0.4, -0.2) is 30.6 Å². The molecule has 0 spiro atoms. The number of hydrogen-bond acceptors (Lipinski definition) is 2. The maximum Gasteiger partial charge on any atom is 0.315 e. The Hall–Kier alpha value is -2.33. The molecule has 3 rings (SSSR count). The normalized spacial score (nSPS) is 15.7. The summed E-state index contributed by atoms with van der Waals surface area (Å²) in [6.07, 6.45) is 2.29. The summed E-state index contributed by atoms with van der Waals surface area (Å²) < 4.78 is 0. The van der Waals surface area contributed by atoms with Crippen LogP contribution in [0.1, 0.15) is 24.0 Å². The second kappa shape index (κ2) is 9.23. The minimum atomic E-state index is -0.0735. The second-order valence-electron chi connectivity index (χ2n) is 6.75. The Morgan fingerprint density at radius 1 is 0.880 bits per heavy atom. The first-order chi connectivity index (χ1) is 12.3. The molecule has 2 N–H and O–H groups in total. The van der Waals surface area contributed by atoms with Crippen molar-refractivity contribution >= 4 is 6.03 Å². The first-order valence-corrected chi connectivity index (χ1v) is 9.11. The molecule has 0 atom stereocenters. The van der Waals surface area contributed by atoms with Gasteiger partial charge < -0.3 is 10.6 Å². The molecule has 2 aromatic rings. The van der Waals surface area contributed by atoms with Crippen molar-refractivity contribution in [2.24, 2.45) is 5.92 Å². The van der Waals surface area contributed by atoms with Gasteiger partial charge in [0.15, 0.2) is 0 Å². The fourth-order valence-electron chi connectivity index (χ4n) is 3.27. The topological polar surface area (TPSA) is 44.4 Å². The number of amides is 2. The van der Waals surface area contributed by atoms with Crippen molar-refractivity contribution in [3.05, 3.63) is 71.8 Å².